The molecule has 0 amide bonds. The monoisotopic (exact) mass is 224 g/mol. The summed E-state index contributed by atoms with van der Waals surface area (Å²) in [6, 6.07) is 1.08. The molecule has 1 rings (SSSR count). The predicted molar refractivity (Wildman–Crippen MR) is 72.0 cm³/mol. The summed E-state index contributed by atoms with van der Waals surface area (Å²) in [6.07, 6.45) is 0. The Labute approximate surface area is 101 Å². The van der Waals surface area contributed by atoms with E-state index in [9.17, 15) is 0 Å². The average Bonchev–Trinajstić information content (AvgIpc) is 2.43. The molecule has 0 aromatic carbocycles. The molecule has 0 saturated carbocycles. The fourth-order valence-corrected chi connectivity index (χ4v) is 2.41. The minimum Gasteiger partial charge on any atom is -0.352 e. The van der Waals surface area contributed by atoms with E-state index in [-0.39, 0.29) is 5.41 Å². The summed E-state index contributed by atoms with van der Waals surface area (Å²) in [4.78, 5) is 7.33. The van der Waals surface area contributed by atoms with Crippen LogP contribution >= 0.6 is 0 Å². The lowest BCUT2D eigenvalue weighted by Gasteiger charge is -2.42. The molecule has 0 fully saturated rings. The van der Waals surface area contributed by atoms with Gasteiger partial charge in [0.15, 0.2) is 0 Å². The maximum atomic E-state index is 4.80. The van der Waals surface area contributed by atoms with Gasteiger partial charge in [0.1, 0.15) is 5.84 Å². The molecule has 0 radical (unpaired) electrons. The first-order chi connectivity index (χ1) is 7.05. The quantitative estimate of drug-likeness (QED) is 0.665. The van der Waals surface area contributed by atoms with Gasteiger partial charge in [-0.1, -0.05) is 41.5 Å². The predicted octanol–water partition coefficient (Wildman–Crippen LogP) is 3.57. The number of amidine groups is 1. The Morgan fingerprint density at radius 3 is 1.94 bits per heavy atom. The molecular formula is C14H28N2. The Morgan fingerprint density at radius 1 is 1.12 bits per heavy atom. The maximum Gasteiger partial charge on any atom is 0.105 e. The zero-order chi connectivity index (χ0) is 12.7. The Bertz CT molecular complexity index is 276. The zero-order valence-electron chi connectivity index (χ0n) is 12.3. The number of hydrogen-bond acceptors (Lipinski definition) is 2. The lowest BCUT2D eigenvalue weighted by Crippen LogP contribution is -2.51. The molecule has 0 aromatic heterocycles. The molecule has 2 nitrogen and oxygen atoms in total. The van der Waals surface area contributed by atoms with E-state index >= 15 is 0 Å². The molecule has 0 aromatic rings. The fourth-order valence-electron chi connectivity index (χ4n) is 2.41. The van der Waals surface area contributed by atoms with E-state index in [1.54, 1.807) is 0 Å². The van der Waals surface area contributed by atoms with E-state index in [0.29, 0.717) is 17.5 Å². The van der Waals surface area contributed by atoms with Gasteiger partial charge in [-0.2, -0.15) is 0 Å². The minimum absolute atomic E-state index is 0.157. The van der Waals surface area contributed by atoms with Gasteiger partial charge in [0.2, 0.25) is 0 Å². The highest BCUT2D eigenvalue weighted by atomic mass is 15.3. The maximum absolute atomic E-state index is 4.80. The van der Waals surface area contributed by atoms with Crippen molar-refractivity contribution >= 4 is 5.84 Å². The first-order valence-electron chi connectivity index (χ1n) is 6.38. The highest BCUT2D eigenvalue weighted by molar-refractivity contribution is 5.89. The Kier molecular flexibility index (Phi) is 3.42. The van der Waals surface area contributed by atoms with Crippen LogP contribution in [0.25, 0.3) is 0 Å². The van der Waals surface area contributed by atoms with Crippen molar-refractivity contribution < 1.29 is 0 Å². The summed E-state index contributed by atoms with van der Waals surface area (Å²) < 4.78 is 0. The fraction of sp³-hybridized carbons (Fsp3) is 0.929. The first kappa shape index (κ1) is 13.5. The van der Waals surface area contributed by atoms with Crippen LogP contribution in [0.1, 0.15) is 55.4 Å². The standard InChI is InChI=1S/C14H28N2/c1-10(2)16-11(13(3,4)5)9-15-12(16)14(6,7)8/h10-11H,9H2,1-8H3. The molecule has 2 heteroatoms. The third-order valence-corrected chi connectivity index (χ3v) is 3.22. The van der Waals surface area contributed by atoms with Crippen LogP contribution in [-0.4, -0.2) is 29.4 Å². The third kappa shape index (κ3) is 2.58. The second-order valence-electron chi connectivity index (χ2n) is 7.30. The van der Waals surface area contributed by atoms with Crippen molar-refractivity contribution in [2.75, 3.05) is 6.54 Å². The summed E-state index contributed by atoms with van der Waals surface area (Å²) in [5.41, 5.74) is 0.449. The van der Waals surface area contributed by atoms with Crippen LogP contribution in [0.3, 0.4) is 0 Å². The van der Waals surface area contributed by atoms with E-state index in [4.69, 9.17) is 4.99 Å². The molecule has 0 saturated heterocycles. The first-order valence-corrected chi connectivity index (χ1v) is 6.38. The number of hydrogen-bond donors (Lipinski definition) is 0. The van der Waals surface area contributed by atoms with Crippen molar-refractivity contribution in [2.24, 2.45) is 15.8 Å². The summed E-state index contributed by atoms with van der Waals surface area (Å²) in [5, 5.41) is 0. The van der Waals surface area contributed by atoms with Crippen LogP contribution in [0.15, 0.2) is 4.99 Å². The van der Waals surface area contributed by atoms with Crippen LogP contribution < -0.4 is 0 Å². The Balaban J connectivity index is 3.01. The third-order valence-electron chi connectivity index (χ3n) is 3.22. The molecule has 1 heterocycles. The van der Waals surface area contributed by atoms with Crippen molar-refractivity contribution in [1.82, 2.24) is 4.90 Å². The normalized spacial score (nSPS) is 22.9. The minimum atomic E-state index is 0.157. The number of nitrogens with zero attached hydrogens (tertiary/aromatic N) is 2. The molecular weight excluding hydrogens is 196 g/mol. The van der Waals surface area contributed by atoms with Gasteiger partial charge in [0, 0.05) is 11.5 Å². The largest absolute Gasteiger partial charge is 0.352 e. The van der Waals surface area contributed by atoms with Crippen molar-refractivity contribution in [3.05, 3.63) is 0 Å². The summed E-state index contributed by atoms with van der Waals surface area (Å²) in [5.74, 6) is 1.28. The van der Waals surface area contributed by atoms with Crippen molar-refractivity contribution in [2.45, 2.75) is 67.5 Å². The zero-order valence-corrected chi connectivity index (χ0v) is 12.3. The number of rotatable bonds is 1. The summed E-state index contributed by atoms with van der Waals surface area (Å²) in [6.45, 7) is 19.2. The molecule has 1 aliphatic rings. The smallest absolute Gasteiger partial charge is 0.105 e. The van der Waals surface area contributed by atoms with Gasteiger partial charge in [0.05, 0.1) is 12.6 Å². The van der Waals surface area contributed by atoms with Crippen LogP contribution in [-0.2, 0) is 0 Å². The molecule has 0 spiro atoms. The number of aliphatic imine (C=N–C) groups is 1. The van der Waals surface area contributed by atoms with Crippen LogP contribution in [0, 0.1) is 10.8 Å². The molecule has 0 bridgehead atoms. The topological polar surface area (TPSA) is 15.6 Å². The summed E-state index contributed by atoms with van der Waals surface area (Å²) in [7, 11) is 0. The van der Waals surface area contributed by atoms with Gasteiger partial charge in [-0.3, -0.25) is 4.99 Å². The average molecular weight is 224 g/mol. The summed E-state index contributed by atoms with van der Waals surface area (Å²) >= 11 is 0. The van der Waals surface area contributed by atoms with Crippen LogP contribution in [0.5, 0.6) is 0 Å². The Morgan fingerprint density at radius 2 is 1.62 bits per heavy atom. The van der Waals surface area contributed by atoms with Crippen LogP contribution in [0.2, 0.25) is 0 Å². The van der Waals surface area contributed by atoms with Crippen molar-refractivity contribution in [3.63, 3.8) is 0 Å². The molecule has 0 N–H and O–H groups in total. The van der Waals surface area contributed by atoms with E-state index in [1.807, 2.05) is 0 Å². The lowest BCUT2D eigenvalue weighted by atomic mass is 9.84. The van der Waals surface area contributed by atoms with Crippen molar-refractivity contribution in [1.29, 1.82) is 0 Å². The second-order valence-corrected chi connectivity index (χ2v) is 7.30. The SMILES string of the molecule is CC(C)N1C(C(C)(C)C)=NCC1C(C)(C)C. The van der Waals surface area contributed by atoms with Crippen molar-refractivity contribution in [3.8, 4) is 0 Å². The lowest BCUT2D eigenvalue weighted by molar-refractivity contribution is 0.154. The van der Waals surface area contributed by atoms with E-state index < -0.39 is 0 Å². The molecule has 1 unspecified atom stereocenters. The molecule has 16 heavy (non-hydrogen) atoms. The molecule has 0 aliphatic carbocycles. The van der Waals surface area contributed by atoms with Gasteiger partial charge in [-0.15, -0.1) is 0 Å². The van der Waals surface area contributed by atoms with E-state index in [0.717, 1.165) is 6.54 Å². The van der Waals surface area contributed by atoms with Crippen LogP contribution in [0.4, 0.5) is 0 Å². The highest BCUT2D eigenvalue weighted by Gasteiger charge is 2.41. The van der Waals surface area contributed by atoms with E-state index in [1.165, 1.54) is 5.84 Å². The highest BCUT2D eigenvalue weighted by Crippen LogP contribution is 2.34. The van der Waals surface area contributed by atoms with Gasteiger partial charge in [-0.25, -0.2) is 0 Å². The second kappa shape index (κ2) is 4.05. The molecule has 94 valence electrons. The molecule has 1 aliphatic heterocycles. The Hall–Kier alpha value is -0.530. The van der Waals surface area contributed by atoms with Gasteiger partial charge >= 0.3 is 0 Å². The van der Waals surface area contributed by atoms with Gasteiger partial charge < -0.3 is 4.90 Å². The van der Waals surface area contributed by atoms with Gasteiger partial charge in [0.25, 0.3) is 0 Å². The van der Waals surface area contributed by atoms with Gasteiger partial charge in [-0.05, 0) is 19.3 Å². The molecule has 1 atom stereocenters. The van der Waals surface area contributed by atoms with E-state index in [2.05, 4.69) is 60.3 Å².